The summed E-state index contributed by atoms with van der Waals surface area (Å²) in [6.45, 7) is 1.82. The second-order valence-electron chi connectivity index (χ2n) is 3.83. The minimum Gasteiger partial charge on any atom is -0.249 e. The lowest BCUT2D eigenvalue weighted by molar-refractivity contribution is 0.682. The van der Waals surface area contributed by atoms with Crippen LogP contribution < -0.4 is 0 Å². The summed E-state index contributed by atoms with van der Waals surface area (Å²) >= 11 is 1.54. The van der Waals surface area contributed by atoms with Gasteiger partial charge in [-0.3, -0.25) is 0 Å². The first kappa shape index (κ1) is 13.9. The number of hydrogen-bond donors (Lipinski definition) is 0. The van der Waals surface area contributed by atoms with Crippen LogP contribution >= 0.6 is 11.8 Å². The van der Waals surface area contributed by atoms with Crippen molar-refractivity contribution >= 4 is 22.6 Å². The predicted octanol–water partition coefficient (Wildman–Crippen LogP) is 4.07. The third-order valence-corrected chi connectivity index (χ3v) is 4.83. The SMILES string of the molecule is CC#CSCc1ccccc1S(=O)c1ccccc1. The molecule has 0 aliphatic carbocycles. The van der Waals surface area contributed by atoms with E-state index in [1.54, 1.807) is 0 Å². The Morgan fingerprint density at radius 2 is 1.74 bits per heavy atom. The highest BCUT2D eigenvalue weighted by atomic mass is 32.2. The Balaban J connectivity index is 2.28. The van der Waals surface area contributed by atoms with Gasteiger partial charge in [0.15, 0.2) is 0 Å². The molecule has 0 heterocycles. The maximum absolute atomic E-state index is 12.6. The zero-order valence-electron chi connectivity index (χ0n) is 10.6. The summed E-state index contributed by atoms with van der Waals surface area (Å²) in [6, 6.07) is 17.4. The smallest absolute Gasteiger partial charge is 0.0852 e. The van der Waals surface area contributed by atoms with Crippen molar-refractivity contribution in [1.82, 2.24) is 0 Å². The molecule has 19 heavy (non-hydrogen) atoms. The first-order chi connectivity index (χ1) is 9.33. The molecule has 0 N–H and O–H groups in total. The van der Waals surface area contributed by atoms with Crippen LogP contribution in [0.2, 0.25) is 0 Å². The van der Waals surface area contributed by atoms with Crippen LogP contribution in [0.25, 0.3) is 0 Å². The molecule has 2 rings (SSSR count). The van der Waals surface area contributed by atoms with Gasteiger partial charge < -0.3 is 0 Å². The van der Waals surface area contributed by atoms with Gasteiger partial charge in [-0.2, -0.15) is 0 Å². The van der Waals surface area contributed by atoms with E-state index in [4.69, 9.17) is 0 Å². The average Bonchev–Trinajstić information content (AvgIpc) is 2.48. The molecule has 0 spiro atoms. The molecule has 0 aromatic heterocycles. The average molecular weight is 286 g/mol. The molecule has 0 amide bonds. The highest BCUT2D eigenvalue weighted by Gasteiger charge is 2.10. The van der Waals surface area contributed by atoms with Gasteiger partial charge >= 0.3 is 0 Å². The molecule has 2 aromatic rings. The van der Waals surface area contributed by atoms with Crippen molar-refractivity contribution in [3.05, 3.63) is 60.2 Å². The van der Waals surface area contributed by atoms with Gasteiger partial charge in [0, 0.05) is 15.5 Å². The van der Waals surface area contributed by atoms with Crippen molar-refractivity contribution in [1.29, 1.82) is 0 Å². The summed E-state index contributed by atoms with van der Waals surface area (Å²) in [6.07, 6.45) is 0. The standard InChI is InChI=1S/C16H14OS2/c1-2-12-18-13-14-8-6-7-11-16(14)19(17)15-9-4-3-5-10-15/h3-11H,13H2,1H3. The largest absolute Gasteiger partial charge is 0.249 e. The maximum Gasteiger partial charge on any atom is 0.0852 e. The van der Waals surface area contributed by atoms with Crippen molar-refractivity contribution in [3.63, 3.8) is 0 Å². The van der Waals surface area contributed by atoms with Crippen LogP contribution in [-0.4, -0.2) is 4.21 Å². The third kappa shape index (κ3) is 3.73. The molecule has 2 aromatic carbocycles. The Labute approximate surface area is 120 Å². The normalized spacial score (nSPS) is 11.4. The first-order valence-corrected chi connectivity index (χ1v) is 8.04. The topological polar surface area (TPSA) is 17.1 Å². The van der Waals surface area contributed by atoms with Crippen molar-refractivity contribution in [2.24, 2.45) is 0 Å². The molecule has 1 nitrogen and oxygen atoms in total. The second-order valence-corrected chi connectivity index (χ2v) is 6.06. The Morgan fingerprint density at radius 3 is 2.47 bits per heavy atom. The Morgan fingerprint density at radius 1 is 1.05 bits per heavy atom. The molecule has 0 radical (unpaired) electrons. The molecule has 0 saturated carbocycles. The lowest BCUT2D eigenvalue weighted by Crippen LogP contribution is -1.97. The highest BCUT2D eigenvalue weighted by molar-refractivity contribution is 8.03. The Hall–Kier alpha value is -1.50. The summed E-state index contributed by atoms with van der Waals surface area (Å²) in [5.41, 5.74) is 1.08. The summed E-state index contributed by atoms with van der Waals surface area (Å²) in [5.74, 6) is 3.61. The first-order valence-electron chi connectivity index (χ1n) is 5.91. The van der Waals surface area contributed by atoms with Crippen LogP contribution in [0, 0.1) is 11.2 Å². The minimum atomic E-state index is -1.13. The molecule has 96 valence electrons. The molecule has 1 unspecified atom stereocenters. The molecule has 1 atom stereocenters. The lowest BCUT2D eigenvalue weighted by atomic mass is 10.2. The molecule has 3 heteroatoms. The van der Waals surface area contributed by atoms with Crippen molar-refractivity contribution < 1.29 is 4.21 Å². The van der Waals surface area contributed by atoms with Gasteiger partial charge in [0.05, 0.1) is 10.8 Å². The van der Waals surface area contributed by atoms with E-state index in [9.17, 15) is 4.21 Å². The van der Waals surface area contributed by atoms with Gasteiger partial charge in [-0.05, 0) is 35.9 Å². The molecule has 0 saturated heterocycles. The van der Waals surface area contributed by atoms with Crippen LogP contribution in [0.1, 0.15) is 12.5 Å². The molecular weight excluding hydrogens is 272 g/mol. The maximum atomic E-state index is 12.6. The zero-order chi connectivity index (χ0) is 13.5. The Kier molecular flexibility index (Phi) is 5.26. The summed E-state index contributed by atoms with van der Waals surface area (Å²) in [7, 11) is -1.13. The van der Waals surface area contributed by atoms with Gasteiger partial charge in [0.25, 0.3) is 0 Å². The summed E-state index contributed by atoms with van der Waals surface area (Å²) in [5, 5.41) is 2.97. The Bertz CT molecular complexity index is 624. The predicted molar refractivity (Wildman–Crippen MR) is 82.3 cm³/mol. The van der Waals surface area contributed by atoms with Crippen molar-refractivity contribution in [2.45, 2.75) is 22.5 Å². The fourth-order valence-electron chi connectivity index (χ4n) is 1.66. The van der Waals surface area contributed by atoms with E-state index in [0.717, 1.165) is 21.1 Å². The van der Waals surface area contributed by atoms with E-state index < -0.39 is 10.8 Å². The molecule has 0 fully saturated rings. The molecule has 0 aliphatic rings. The van der Waals surface area contributed by atoms with Crippen LogP contribution in [0.4, 0.5) is 0 Å². The molecular formula is C16H14OS2. The van der Waals surface area contributed by atoms with E-state index in [0.29, 0.717) is 0 Å². The van der Waals surface area contributed by atoms with E-state index in [2.05, 4.69) is 11.2 Å². The van der Waals surface area contributed by atoms with Gasteiger partial charge in [0.2, 0.25) is 0 Å². The van der Waals surface area contributed by atoms with Gasteiger partial charge in [-0.15, -0.1) is 0 Å². The van der Waals surface area contributed by atoms with Crippen LogP contribution in [-0.2, 0) is 16.6 Å². The fourth-order valence-corrected chi connectivity index (χ4v) is 3.61. The van der Waals surface area contributed by atoms with E-state index >= 15 is 0 Å². The quantitative estimate of drug-likeness (QED) is 0.788. The summed E-state index contributed by atoms with van der Waals surface area (Å²) in [4.78, 5) is 1.71. The van der Waals surface area contributed by atoms with E-state index in [1.807, 2.05) is 61.5 Å². The number of benzene rings is 2. The summed E-state index contributed by atoms with van der Waals surface area (Å²) < 4.78 is 12.6. The van der Waals surface area contributed by atoms with Gasteiger partial charge in [-0.25, -0.2) is 4.21 Å². The minimum absolute atomic E-state index is 0.760. The second kappa shape index (κ2) is 7.18. The molecule has 0 bridgehead atoms. The number of thioether (sulfide) groups is 1. The monoisotopic (exact) mass is 286 g/mol. The van der Waals surface area contributed by atoms with Crippen LogP contribution in [0.5, 0.6) is 0 Å². The van der Waals surface area contributed by atoms with Crippen LogP contribution in [0.15, 0.2) is 64.4 Å². The van der Waals surface area contributed by atoms with Crippen molar-refractivity contribution in [2.75, 3.05) is 0 Å². The number of rotatable bonds is 4. The highest BCUT2D eigenvalue weighted by Crippen LogP contribution is 2.23. The van der Waals surface area contributed by atoms with Crippen LogP contribution in [0.3, 0.4) is 0 Å². The van der Waals surface area contributed by atoms with E-state index in [1.165, 1.54) is 11.8 Å². The zero-order valence-corrected chi connectivity index (χ0v) is 12.3. The third-order valence-electron chi connectivity index (χ3n) is 2.53. The van der Waals surface area contributed by atoms with Gasteiger partial charge in [-0.1, -0.05) is 54.1 Å². The number of hydrogen-bond acceptors (Lipinski definition) is 2. The van der Waals surface area contributed by atoms with Gasteiger partial charge in [0.1, 0.15) is 0 Å². The van der Waals surface area contributed by atoms with Crippen molar-refractivity contribution in [3.8, 4) is 11.2 Å². The lowest BCUT2D eigenvalue weighted by Gasteiger charge is -2.07. The van der Waals surface area contributed by atoms with E-state index in [-0.39, 0.29) is 0 Å². The molecule has 0 aliphatic heterocycles. The fraction of sp³-hybridized carbons (Fsp3) is 0.125.